The van der Waals surface area contributed by atoms with Crippen LogP contribution in [0, 0.1) is 17.7 Å². The van der Waals surface area contributed by atoms with Gasteiger partial charge in [0.15, 0.2) is 0 Å². The van der Waals surface area contributed by atoms with Gasteiger partial charge in [0.2, 0.25) is 12.2 Å². The molecule has 7 nitrogen and oxygen atoms in total. The number of esters is 1. The molecular weight excluding hydrogens is 276 g/mol. The van der Waals surface area contributed by atoms with Crippen LogP contribution in [-0.4, -0.2) is 36.4 Å². The predicted molar refractivity (Wildman–Crippen MR) is 76.2 cm³/mol. The summed E-state index contributed by atoms with van der Waals surface area (Å²) >= 11 is 0. The highest BCUT2D eigenvalue weighted by Crippen LogP contribution is 1.92. The number of aliphatic hydroxyl groups is 1. The molecule has 0 saturated carbocycles. The van der Waals surface area contributed by atoms with Gasteiger partial charge in [0.25, 0.3) is 0 Å². The van der Waals surface area contributed by atoms with Crippen molar-refractivity contribution in [1.29, 1.82) is 10.8 Å². The summed E-state index contributed by atoms with van der Waals surface area (Å²) in [6.07, 6.45) is 2.55. The molecule has 0 saturated heterocycles. The highest BCUT2D eigenvalue weighted by Gasteiger charge is 1.90. The van der Waals surface area contributed by atoms with E-state index in [9.17, 15) is 4.79 Å². The van der Waals surface area contributed by atoms with E-state index in [0.717, 1.165) is 18.2 Å². The number of carbonyl (C=O) groups excluding carboxylic acids is 3. The van der Waals surface area contributed by atoms with E-state index in [1.165, 1.54) is 5.56 Å². The molecule has 114 valence electrons. The fraction of sp³-hybridized carbons (Fsp3) is 0.214. The van der Waals surface area contributed by atoms with Crippen molar-refractivity contribution in [2.75, 3.05) is 13.2 Å². The zero-order chi connectivity index (χ0) is 16.9. The van der Waals surface area contributed by atoms with Gasteiger partial charge in [-0.3, -0.25) is 0 Å². The molecule has 0 fully saturated rings. The molecule has 0 atom stereocenters. The Morgan fingerprint density at radius 2 is 1.71 bits per heavy atom. The van der Waals surface area contributed by atoms with Crippen molar-refractivity contribution in [1.82, 2.24) is 0 Å². The molecule has 0 aromatic heterocycles. The van der Waals surface area contributed by atoms with Crippen LogP contribution >= 0.6 is 0 Å². The zero-order valence-electron chi connectivity index (χ0n) is 11.7. The molecule has 1 rings (SSSR count). The Bertz CT molecular complexity index is 422. The fourth-order valence-electron chi connectivity index (χ4n) is 0.740. The van der Waals surface area contributed by atoms with Gasteiger partial charge in [-0.25, -0.2) is 25.2 Å². The molecule has 21 heavy (non-hydrogen) atoms. The first-order valence-corrected chi connectivity index (χ1v) is 5.53. The molecule has 0 aliphatic heterocycles. The molecule has 0 radical (unpaired) electrons. The van der Waals surface area contributed by atoms with E-state index in [4.69, 9.17) is 25.5 Å². The molecule has 0 amide bonds. The minimum atomic E-state index is -0.501. The van der Waals surface area contributed by atoms with Crippen LogP contribution in [-0.2, 0) is 19.1 Å². The normalized spacial score (nSPS) is 6.76. The van der Waals surface area contributed by atoms with Crippen LogP contribution in [0.1, 0.15) is 5.56 Å². The topological polar surface area (TPSA) is 128 Å². The first kappa shape index (κ1) is 23.3. The van der Waals surface area contributed by atoms with Crippen molar-refractivity contribution in [2.45, 2.75) is 6.92 Å². The summed E-state index contributed by atoms with van der Waals surface area (Å²) < 4.78 is 4.33. The van der Waals surface area contributed by atoms with Crippen LogP contribution in [0.4, 0.5) is 0 Å². The number of carbonyl (C=O) groups is 1. The molecule has 0 spiro atoms. The smallest absolute Gasteiger partial charge is 0.330 e. The second-order valence-electron chi connectivity index (χ2n) is 2.95. The highest BCUT2D eigenvalue weighted by atomic mass is 16.5. The number of rotatable bonds is 3. The van der Waals surface area contributed by atoms with E-state index < -0.39 is 5.97 Å². The molecular formula is C14H18N2O5. The lowest BCUT2D eigenvalue weighted by Gasteiger charge is -1.94. The lowest BCUT2D eigenvalue weighted by Crippen LogP contribution is -2.04. The number of isocyanates is 2. The van der Waals surface area contributed by atoms with Crippen molar-refractivity contribution >= 4 is 18.1 Å². The minimum absolute atomic E-state index is 0.0465. The number of nitrogens with one attached hydrogen (secondary N) is 2. The third-order valence-electron chi connectivity index (χ3n) is 1.44. The van der Waals surface area contributed by atoms with Crippen molar-refractivity contribution < 1.29 is 24.2 Å². The number of aryl methyl sites for hydroxylation is 1. The molecule has 0 heterocycles. The first-order chi connectivity index (χ1) is 10.0. The Kier molecular flexibility index (Phi) is 24.7. The number of aliphatic hydroxyl groups excluding tert-OH is 1. The summed E-state index contributed by atoms with van der Waals surface area (Å²) in [6.45, 7) is 5.15. The number of hydrogen-bond donors (Lipinski definition) is 3. The highest BCUT2D eigenvalue weighted by molar-refractivity contribution is 5.81. The second-order valence-corrected chi connectivity index (χ2v) is 2.95. The quantitative estimate of drug-likeness (QED) is 0.337. The van der Waals surface area contributed by atoms with Gasteiger partial charge in [0, 0.05) is 6.08 Å². The van der Waals surface area contributed by atoms with E-state index in [-0.39, 0.29) is 13.2 Å². The summed E-state index contributed by atoms with van der Waals surface area (Å²) in [4.78, 5) is 26.8. The van der Waals surface area contributed by atoms with Gasteiger partial charge < -0.3 is 9.84 Å². The SMILES string of the molecule is C=CC(=O)OCCO.Cc1ccccc1.N=C=O.N=C=O. The van der Waals surface area contributed by atoms with Crippen LogP contribution < -0.4 is 0 Å². The fourth-order valence-corrected chi connectivity index (χ4v) is 0.740. The maximum atomic E-state index is 10.1. The summed E-state index contributed by atoms with van der Waals surface area (Å²) in [5, 5.41) is 18.9. The minimum Gasteiger partial charge on any atom is -0.460 e. The van der Waals surface area contributed by atoms with E-state index in [0.29, 0.717) is 0 Å². The maximum absolute atomic E-state index is 10.1. The Labute approximate surface area is 122 Å². The molecule has 0 aliphatic rings. The summed E-state index contributed by atoms with van der Waals surface area (Å²) in [6, 6.07) is 10.3. The van der Waals surface area contributed by atoms with E-state index >= 15 is 0 Å². The van der Waals surface area contributed by atoms with Gasteiger partial charge in [-0.15, -0.1) is 0 Å². The molecule has 0 bridgehead atoms. The van der Waals surface area contributed by atoms with Crippen LogP contribution in [0.15, 0.2) is 43.0 Å². The van der Waals surface area contributed by atoms with E-state index in [2.05, 4.69) is 30.4 Å². The Morgan fingerprint density at radius 3 is 1.95 bits per heavy atom. The standard InChI is InChI=1S/C7H8.C5H8O3.2CHNO/c1-7-5-3-2-4-6-7;1-2-5(7)8-4-3-6;2*2-1-3/h2-6H,1H3;2,6H,1,3-4H2;2*2H. The summed E-state index contributed by atoms with van der Waals surface area (Å²) in [7, 11) is 0. The molecule has 0 aliphatic carbocycles. The average Bonchev–Trinajstić information content (AvgIpc) is 2.48. The second kappa shape index (κ2) is 22.3. The van der Waals surface area contributed by atoms with Crippen molar-refractivity contribution in [3.05, 3.63) is 48.6 Å². The van der Waals surface area contributed by atoms with Crippen molar-refractivity contribution in [3.63, 3.8) is 0 Å². The lowest BCUT2D eigenvalue weighted by molar-refractivity contribution is -0.138. The summed E-state index contributed by atoms with van der Waals surface area (Å²) in [5.74, 6) is -0.501. The Morgan fingerprint density at radius 1 is 1.29 bits per heavy atom. The average molecular weight is 294 g/mol. The molecule has 1 aromatic rings. The molecule has 3 N–H and O–H groups in total. The Hall–Kier alpha value is -2.85. The van der Waals surface area contributed by atoms with Gasteiger partial charge >= 0.3 is 5.97 Å². The predicted octanol–water partition coefficient (Wildman–Crippen LogP) is 1.50. The number of ether oxygens (including phenoxy) is 1. The van der Waals surface area contributed by atoms with Crippen LogP contribution in [0.2, 0.25) is 0 Å². The van der Waals surface area contributed by atoms with Gasteiger partial charge in [-0.05, 0) is 6.92 Å². The van der Waals surface area contributed by atoms with Gasteiger partial charge in [-0.1, -0.05) is 42.5 Å². The van der Waals surface area contributed by atoms with E-state index in [1.54, 1.807) is 0 Å². The Balaban J connectivity index is -0.000000227. The van der Waals surface area contributed by atoms with Gasteiger partial charge in [0.05, 0.1) is 6.61 Å². The number of benzene rings is 1. The zero-order valence-corrected chi connectivity index (χ0v) is 11.7. The maximum Gasteiger partial charge on any atom is 0.330 e. The van der Waals surface area contributed by atoms with Crippen LogP contribution in [0.25, 0.3) is 0 Å². The summed E-state index contributed by atoms with van der Waals surface area (Å²) in [5.41, 5.74) is 1.32. The molecule has 0 unspecified atom stereocenters. The number of hydrogen-bond acceptors (Lipinski definition) is 7. The van der Waals surface area contributed by atoms with E-state index in [1.807, 2.05) is 18.2 Å². The van der Waals surface area contributed by atoms with Gasteiger partial charge in [-0.2, -0.15) is 0 Å². The largest absolute Gasteiger partial charge is 0.460 e. The molecule has 1 aromatic carbocycles. The van der Waals surface area contributed by atoms with Crippen molar-refractivity contribution in [3.8, 4) is 0 Å². The van der Waals surface area contributed by atoms with Crippen molar-refractivity contribution in [2.24, 2.45) is 0 Å². The first-order valence-electron chi connectivity index (χ1n) is 5.53. The monoisotopic (exact) mass is 294 g/mol. The van der Waals surface area contributed by atoms with Crippen LogP contribution in [0.3, 0.4) is 0 Å². The van der Waals surface area contributed by atoms with Crippen LogP contribution in [0.5, 0.6) is 0 Å². The van der Waals surface area contributed by atoms with Gasteiger partial charge in [0.1, 0.15) is 6.61 Å². The molecule has 7 heteroatoms. The lowest BCUT2D eigenvalue weighted by atomic mass is 10.2. The third-order valence-corrected chi connectivity index (χ3v) is 1.44. The third kappa shape index (κ3) is 31.7.